The van der Waals surface area contributed by atoms with Crippen molar-refractivity contribution >= 4 is 17.7 Å². The normalized spacial score (nSPS) is 14.5. The van der Waals surface area contributed by atoms with Crippen LogP contribution in [0.15, 0.2) is 24.3 Å². The molecular weight excluding hydrogens is 340 g/mol. The number of aromatic nitrogens is 2. The van der Waals surface area contributed by atoms with Crippen LogP contribution in [0.5, 0.6) is 0 Å². The molecule has 1 aromatic heterocycles. The van der Waals surface area contributed by atoms with Gasteiger partial charge in [-0.3, -0.25) is 4.79 Å². The highest BCUT2D eigenvalue weighted by atomic mass is 19.2. The molecule has 1 aliphatic heterocycles. The van der Waals surface area contributed by atoms with Crippen LogP contribution in [0.3, 0.4) is 0 Å². The number of aryl methyl sites for hydroxylation is 1. The Balaban J connectivity index is 1.67. The number of benzene rings is 1. The molecule has 0 spiro atoms. The first-order valence-corrected chi connectivity index (χ1v) is 8.56. The van der Waals surface area contributed by atoms with Crippen molar-refractivity contribution in [2.24, 2.45) is 0 Å². The third kappa shape index (κ3) is 3.89. The predicted octanol–water partition coefficient (Wildman–Crippen LogP) is 2.46. The molecule has 2 heterocycles. The third-order valence-corrected chi connectivity index (χ3v) is 4.22. The van der Waals surface area contributed by atoms with Gasteiger partial charge >= 0.3 is 0 Å². The second-order valence-electron chi connectivity index (χ2n) is 6.13. The molecule has 1 N–H and O–H groups in total. The molecule has 1 aliphatic rings. The molecule has 0 saturated carbocycles. The van der Waals surface area contributed by atoms with Gasteiger partial charge in [-0.25, -0.2) is 13.8 Å². The fraction of sp³-hybridized carbons (Fsp3) is 0.389. The van der Waals surface area contributed by atoms with E-state index in [1.807, 2.05) is 24.8 Å². The van der Waals surface area contributed by atoms with Gasteiger partial charge in [0.1, 0.15) is 5.82 Å². The summed E-state index contributed by atoms with van der Waals surface area (Å²) in [6.45, 7) is 6.76. The highest BCUT2D eigenvalue weighted by Gasteiger charge is 2.24. The van der Waals surface area contributed by atoms with Gasteiger partial charge in [-0.05, 0) is 32.0 Å². The molecular formula is C18H21F2N5O. The molecule has 0 atom stereocenters. The van der Waals surface area contributed by atoms with Crippen molar-refractivity contribution in [1.29, 1.82) is 0 Å². The fourth-order valence-corrected chi connectivity index (χ4v) is 2.89. The largest absolute Gasteiger partial charge is 0.370 e. The summed E-state index contributed by atoms with van der Waals surface area (Å²) >= 11 is 0. The van der Waals surface area contributed by atoms with Crippen molar-refractivity contribution in [3.8, 4) is 0 Å². The number of piperazine rings is 1. The zero-order valence-corrected chi connectivity index (χ0v) is 14.8. The molecule has 2 aromatic rings. The van der Waals surface area contributed by atoms with Gasteiger partial charge in [-0.1, -0.05) is 0 Å². The lowest BCUT2D eigenvalue weighted by Gasteiger charge is -2.35. The topological polar surface area (TPSA) is 61.4 Å². The summed E-state index contributed by atoms with van der Waals surface area (Å²) in [7, 11) is 0. The van der Waals surface area contributed by atoms with Crippen molar-refractivity contribution in [3.05, 3.63) is 47.2 Å². The molecule has 1 saturated heterocycles. The Morgan fingerprint density at radius 3 is 2.50 bits per heavy atom. The number of hydrogen-bond acceptors (Lipinski definition) is 5. The van der Waals surface area contributed by atoms with Crippen LogP contribution >= 0.6 is 0 Å². The van der Waals surface area contributed by atoms with Gasteiger partial charge in [0.2, 0.25) is 5.95 Å². The summed E-state index contributed by atoms with van der Waals surface area (Å²) in [5.74, 6) is -0.878. The van der Waals surface area contributed by atoms with E-state index in [0.717, 1.165) is 30.2 Å². The molecule has 1 amide bonds. The van der Waals surface area contributed by atoms with E-state index in [2.05, 4.69) is 15.3 Å². The van der Waals surface area contributed by atoms with Crippen LogP contribution in [-0.4, -0.2) is 53.5 Å². The summed E-state index contributed by atoms with van der Waals surface area (Å²) in [6.07, 6.45) is 0. The molecule has 1 aromatic carbocycles. The molecule has 0 unspecified atom stereocenters. The Morgan fingerprint density at radius 2 is 1.85 bits per heavy atom. The lowest BCUT2D eigenvalue weighted by molar-refractivity contribution is 0.0745. The van der Waals surface area contributed by atoms with E-state index in [4.69, 9.17) is 0 Å². The van der Waals surface area contributed by atoms with Crippen molar-refractivity contribution in [3.63, 3.8) is 0 Å². The highest BCUT2D eigenvalue weighted by Crippen LogP contribution is 2.17. The lowest BCUT2D eigenvalue weighted by atomic mass is 10.1. The molecule has 6 nitrogen and oxygen atoms in total. The minimum atomic E-state index is -1.02. The van der Waals surface area contributed by atoms with Gasteiger partial charge in [0.05, 0.1) is 0 Å². The average Bonchev–Trinajstić information content (AvgIpc) is 2.63. The molecule has 0 aliphatic carbocycles. The number of carbonyl (C=O) groups is 1. The van der Waals surface area contributed by atoms with Crippen molar-refractivity contribution in [2.45, 2.75) is 13.8 Å². The maximum absolute atomic E-state index is 13.4. The fourth-order valence-electron chi connectivity index (χ4n) is 2.89. The van der Waals surface area contributed by atoms with E-state index in [9.17, 15) is 13.6 Å². The highest BCUT2D eigenvalue weighted by molar-refractivity contribution is 5.94. The standard InChI is InChI=1S/C18H21F2N5O/c1-3-21-16-10-12(2)22-18(23-16)25-8-6-24(7-9-25)17(26)13-4-5-14(19)15(20)11-13/h4-5,10-11H,3,6-9H2,1-2H3,(H,21,22,23). The number of anilines is 2. The molecule has 0 bridgehead atoms. The second kappa shape index (κ2) is 7.63. The number of nitrogens with one attached hydrogen (secondary N) is 1. The Hall–Kier alpha value is -2.77. The number of rotatable bonds is 4. The van der Waals surface area contributed by atoms with E-state index >= 15 is 0 Å². The maximum atomic E-state index is 13.4. The van der Waals surface area contributed by atoms with Crippen LogP contribution in [0.2, 0.25) is 0 Å². The molecule has 26 heavy (non-hydrogen) atoms. The summed E-state index contributed by atoms with van der Waals surface area (Å²) in [5.41, 5.74) is 1.02. The summed E-state index contributed by atoms with van der Waals surface area (Å²) < 4.78 is 26.4. The van der Waals surface area contributed by atoms with Gasteiger partial charge in [0.25, 0.3) is 5.91 Å². The Bertz CT molecular complexity index is 806. The molecule has 0 radical (unpaired) electrons. The first kappa shape index (κ1) is 18.0. The average molecular weight is 361 g/mol. The number of hydrogen-bond donors (Lipinski definition) is 1. The first-order valence-electron chi connectivity index (χ1n) is 8.56. The molecule has 8 heteroatoms. The summed E-state index contributed by atoms with van der Waals surface area (Å²) in [6, 6.07) is 5.10. The minimum Gasteiger partial charge on any atom is -0.370 e. The zero-order valence-electron chi connectivity index (χ0n) is 14.8. The van der Waals surface area contributed by atoms with Crippen molar-refractivity contribution < 1.29 is 13.6 Å². The van der Waals surface area contributed by atoms with Gasteiger partial charge in [0.15, 0.2) is 11.6 Å². The van der Waals surface area contributed by atoms with Crippen LogP contribution in [0.25, 0.3) is 0 Å². The van der Waals surface area contributed by atoms with Gasteiger partial charge < -0.3 is 15.1 Å². The maximum Gasteiger partial charge on any atom is 0.254 e. The van der Waals surface area contributed by atoms with Gasteiger partial charge in [0, 0.05) is 50.0 Å². The number of carbonyl (C=O) groups excluding carboxylic acids is 1. The molecule has 138 valence electrons. The smallest absolute Gasteiger partial charge is 0.254 e. The van der Waals surface area contributed by atoms with Crippen LogP contribution in [-0.2, 0) is 0 Å². The van der Waals surface area contributed by atoms with E-state index in [-0.39, 0.29) is 11.5 Å². The van der Waals surface area contributed by atoms with Crippen LogP contribution < -0.4 is 10.2 Å². The van der Waals surface area contributed by atoms with Crippen LogP contribution in [0.4, 0.5) is 20.5 Å². The van der Waals surface area contributed by atoms with E-state index in [0.29, 0.717) is 32.1 Å². The quantitative estimate of drug-likeness (QED) is 0.906. The number of amides is 1. The van der Waals surface area contributed by atoms with E-state index in [1.54, 1.807) is 4.90 Å². The number of halogens is 2. The molecule has 3 rings (SSSR count). The minimum absolute atomic E-state index is 0.151. The van der Waals surface area contributed by atoms with Crippen molar-refractivity contribution in [2.75, 3.05) is 42.9 Å². The third-order valence-electron chi connectivity index (χ3n) is 4.22. The van der Waals surface area contributed by atoms with E-state index in [1.165, 1.54) is 6.07 Å². The zero-order chi connectivity index (χ0) is 18.7. The monoisotopic (exact) mass is 361 g/mol. The Kier molecular flexibility index (Phi) is 5.29. The van der Waals surface area contributed by atoms with E-state index < -0.39 is 11.6 Å². The predicted molar refractivity (Wildman–Crippen MR) is 95.4 cm³/mol. The van der Waals surface area contributed by atoms with Gasteiger partial charge in [-0.15, -0.1) is 0 Å². The van der Waals surface area contributed by atoms with Crippen LogP contribution in [0, 0.1) is 18.6 Å². The van der Waals surface area contributed by atoms with Gasteiger partial charge in [-0.2, -0.15) is 4.98 Å². The number of nitrogens with zero attached hydrogens (tertiary/aromatic N) is 4. The second-order valence-corrected chi connectivity index (χ2v) is 6.13. The Morgan fingerprint density at radius 1 is 1.12 bits per heavy atom. The first-order chi connectivity index (χ1) is 12.5. The van der Waals surface area contributed by atoms with Crippen LogP contribution in [0.1, 0.15) is 23.0 Å². The molecule has 1 fully saturated rings. The lowest BCUT2D eigenvalue weighted by Crippen LogP contribution is -2.49. The summed E-state index contributed by atoms with van der Waals surface area (Å²) in [4.78, 5) is 25.1. The summed E-state index contributed by atoms with van der Waals surface area (Å²) in [5, 5.41) is 3.18. The van der Waals surface area contributed by atoms with Crippen molar-refractivity contribution in [1.82, 2.24) is 14.9 Å². The Labute approximate surface area is 150 Å². The SMILES string of the molecule is CCNc1cc(C)nc(N2CCN(C(=O)c3ccc(F)c(F)c3)CC2)n1.